The highest BCUT2D eigenvalue weighted by atomic mass is 16.5. The average Bonchev–Trinajstić information content (AvgIpc) is 2.53. The second-order valence-corrected chi connectivity index (χ2v) is 4.68. The predicted octanol–water partition coefficient (Wildman–Crippen LogP) is 1.36. The molecule has 0 amide bonds. The first-order chi connectivity index (χ1) is 10.2. The molecule has 0 bridgehead atoms. The van der Waals surface area contributed by atoms with Crippen LogP contribution in [0, 0.1) is 11.3 Å². The fourth-order valence-electron chi connectivity index (χ4n) is 2.56. The van der Waals surface area contributed by atoms with Gasteiger partial charge in [-0.1, -0.05) is 0 Å². The summed E-state index contributed by atoms with van der Waals surface area (Å²) in [6.07, 6.45) is 2.00. The number of aryl methyl sites for hydroxylation is 1. The molecule has 6 heteroatoms. The van der Waals surface area contributed by atoms with Crippen LogP contribution in [0.25, 0.3) is 11.4 Å². The lowest BCUT2D eigenvalue weighted by molar-refractivity contribution is 0.354. The lowest BCUT2D eigenvalue weighted by atomic mass is 9.99. The first-order valence-corrected chi connectivity index (χ1v) is 6.44. The van der Waals surface area contributed by atoms with E-state index in [4.69, 9.17) is 14.7 Å². The van der Waals surface area contributed by atoms with Crippen LogP contribution in [0.4, 0.5) is 0 Å². The van der Waals surface area contributed by atoms with Gasteiger partial charge in [-0.15, -0.1) is 0 Å². The van der Waals surface area contributed by atoms with E-state index in [0.717, 1.165) is 11.1 Å². The van der Waals surface area contributed by atoms with E-state index in [2.05, 4.69) is 4.98 Å². The summed E-state index contributed by atoms with van der Waals surface area (Å²) in [7, 11) is 3.15. The van der Waals surface area contributed by atoms with Crippen molar-refractivity contribution in [2.75, 3.05) is 14.2 Å². The lowest BCUT2D eigenvalue weighted by Gasteiger charge is -2.22. The van der Waals surface area contributed by atoms with Gasteiger partial charge in [0.25, 0.3) is 5.56 Å². The number of nitriles is 1. The molecule has 0 saturated heterocycles. The molecular weight excluding hydrogens is 270 g/mol. The first kappa shape index (κ1) is 13.2. The topological polar surface area (TPSA) is 77.1 Å². The fourth-order valence-corrected chi connectivity index (χ4v) is 2.56. The molecule has 1 aromatic carbocycles. The molecule has 3 rings (SSSR count). The van der Waals surface area contributed by atoms with Crippen LogP contribution in [0.3, 0.4) is 0 Å². The summed E-state index contributed by atoms with van der Waals surface area (Å²) in [5.41, 5.74) is 1.63. The van der Waals surface area contributed by atoms with E-state index in [9.17, 15) is 4.79 Å². The van der Waals surface area contributed by atoms with Crippen LogP contribution < -0.4 is 15.0 Å². The van der Waals surface area contributed by atoms with Gasteiger partial charge in [-0.3, -0.25) is 9.36 Å². The Morgan fingerprint density at radius 2 is 2.00 bits per heavy atom. The summed E-state index contributed by atoms with van der Waals surface area (Å²) in [5, 5.41) is 8.93. The van der Waals surface area contributed by atoms with Crippen molar-refractivity contribution in [2.45, 2.75) is 13.0 Å². The zero-order chi connectivity index (χ0) is 15.0. The maximum atomic E-state index is 12.2. The monoisotopic (exact) mass is 283 g/mol. The maximum absolute atomic E-state index is 12.2. The van der Waals surface area contributed by atoms with Gasteiger partial charge < -0.3 is 9.47 Å². The molecule has 2 aromatic rings. The zero-order valence-electron chi connectivity index (χ0n) is 11.7. The van der Waals surface area contributed by atoms with Crippen molar-refractivity contribution < 1.29 is 9.47 Å². The lowest BCUT2D eigenvalue weighted by Crippen LogP contribution is -2.29. The Morgan fingerprint density at radius 3 is 2.67 bits per heavy atom. The van der Waals surface area contributed by atoms with Crippen LogP contribution in [-0.4, -0.2) is 23.8 Å². The van der Waals surface area contributed by atoms with Crippen molar-refractivity contribution in [2.24, 2.45) is 0 Å². The van der Waals surface area contributed by atoms with Crippen molar-refractivity contribution in [3.8, 4) is 29.0 Å². The molecule has 1 aliphatic heterocycles. The first-order valence-electron chi connectivity index (χ1n) is 6.44. The molecule has 106 valence electrons. The molecule has 0 radical (unpaired) electrons. The minimum Gasteiger partial charge on any atom is -0.493 e. The maximum Gasteiger partial charge on any atom is 0.271 e. The van der Waals surface area contributed by atoms with Crippen molar-refractivity contribution in [3.05, 3.63) is 39.8 Å². The summed E-state index contributed by atoms with van der Waals surface area (Å²) in [5.74, 6) is 1.80. The van der Waals surface area contributed by atoms with Gasteiger partial charge in [-0.05, 0) is 24.1 Å². The normalized spacial score (nSPS) is 12.0. The van der Waals surface area contributed by atoms with E-state index in [1.54, 1.807) is 14.2 Å². The zero-order valence-corrected chi connectivity index (χ0v) is 11.7. The molecule has 0 atom stereocenters. The molecule has 1 aliphatic rings. The van der Waals surface area contributed by atoms with Gasteiger partial charge in [-0.2, -0.15) is 5.26 Å². The third kappa shape index (κ3) is 1.94. The minimum atomic E-state index is -0.303. The van der Waals surface area contributed by atoms with Crippen LogP contribution in [0.2, 0.25) is 0 Å². The molecule has 0 spiro atoms. The van der Waals surface area contributed by atoms with Crippen LogP contribution >= 0.6 is 0 Å². The Kier molecular flexibility index (Phi) is 3.10. The van der Waals surface area contributed by atoms with Gasteiger partial charge in [0, 0.05) is 12.1 Å². The Hall–Kier alpha value is -2.81. The van der Waals surface area contributed by atoms with Gasteiger partial charge >= 0.3 is 0 Å². The van der Waals surface area contributed by atoms with Crippen LogP contribution in [0.5, 0.6) is 11.5 Å². The van der Waals surface area contributed by atoms with Gasteiger partial charge in [0.05, 0.1) is 20.4 Å². The molecular formula is C15H13N3O3. The second-order valence-electron chi connectivity index (χ2n) is 4.68. The second kappa shape index (κ2) is 4.94. The van der Waals surface area contributed by atoms with Crippen molar-refractivity contribution in [1.82, 2.24) is 9.55 Å². The number of fused-ring (bicyclic) bond motifs is 3. The average molecular weight is 283 g/mol. The molecule has 6 nitrogen and oxygen atoms in total. The predicted molar refractivity (Wildman–Crippen MR) is 75.5 cm³/mol. The number of nitrogens with zero attached hydrogens (tertiary/aromatic N) is 3. The summed E-state index contributed by atoms with van der Waals surface area (Å²) in [4.78, 5) is 16.4. The third-order valence-corrected chi connectivity index (χ3v) is 3.62. The Bertz CT molecular complexity index is 818. The Morgan fingerprint density at radius 1 is 1.29 bits per heavy atom. The van der Waals surface area contributed by atoms with Gasteiger partial charge in [0.1, 0.15) is 17.5 Å². The number of hydrogen-bond donors (Lipinski definition) is 0. The van der Waals surface area contributed by atoms with Crippen molar-refractivity contribution in [1.29, 1.82) is 5.26 Å². The summed E-state index contributed by atoms with van der Waals surface area (Å²) >= 11 is 0. The number of ether oxygens (including phenoxy) is 2. The highest BCUT2D eigenvalue weighted by Gasteiger charge is 2.22. The highest BCUT2D eigenvalue weighted by Crippen LogP contribution is 2.36. The van der Waals surface area contributed by atoms with Crippen molar-refractivity contribution >= 4 is 0 Å². The fraction of sp³-hybridized carbons (Fsp3) is 0.267. The van der Waals surface area contributed by atoms with E-state index >= 15 is 0 Å². The molecule has 1 aromatic heterocycles. The summed E-state index contributed by atoms with van der Waals surface area (Å²) in [6.45, 7) is 0.499. The molecule has 0 aliphatic carbocycles. The van der Waals surface area contributed by atoms with Gasteiger partial charge in [-0.25, -0.2) is 4.98 Å². The Balaban J connectivity index is 2.26. The van der Waals surface area contributed by atoms with E-state index in [1.165, 1.54) is 10.8 Å². The van der Waals surface area contributed by atoms with Gasteiger partial charge in [0.15, 0.2) is 11.5 Å². The van der Waals surface area contributed by atoms with Crippen LogP contribution in [0.1, 0.15) is 11.1 Å². The van der Waals surface area contributed by atoms with Crippen LogP contribution in [-0.2, 0) is 13.0 Å². The SMILES string of the molecule is COc1cc2c(cc1OC)-c1ncc(C#N)c(=O)n1CC2. The number of methoxy groups -OCH3 is 2. The Labute approximate surface area is 121 Å². The number of aromatic nitrogens is 2. The van der Waals surface area contributed by atoms with E-state index in [1.807, 2.05) is 18.2 Å². The van der Waals surface area contributed by atoms with Crippen LogP contribution in [0.15, 0.2) is 23.1 Å². The number of benzene rings is 1. The molecule has 21 heavy (non-hydrogen) atoms. The van der Waals surface area contributed by atoms with E-state index < -0.39 is 0 Å². The molecule has 0 saturated carbocycles. The summed E-state index contributed by atoms with van der Waals surface area (Å²) < 4.78 is 12.1. The molecule has 0 unspecified atom stereocenters. The smallest absolute Gasteiger partial charge is 0.271 e. The number of hydrogen-bond acceptors (Lipinski definition) is 5. The largest absolute Gasteiger partial charge is 0.493 e. The van der Waals surface area contributed by atoms with E-state index in [-0.39, 0.29) is 11.1 Å². The number of rotatable bonds is 2. The molecule has 2 heterocycles. The van der Waals surface area contributed by atoms with Gasteiger partial charge in [0.2, 0.25) is 0 Å². The third-order valence-electron chi connectivity index (χ3n) is 3.62. The standard InChI is InChI=1S/C15H13N3O3/c1-20-12-5-9-3-4-18-14(11(9)6-13(12)21-2)17-8-10(7-16)15(18)19/h5-6,8H,3-4H2,1-2H3. The van der Waals surface area contributed by atoms with Crippen molar-refractivity contribution in [3.63, 3.8) is 0 Å². The van der Waals surface area contributed by atoms with E-state index in [0.29, 0.717) is 30.3 Å². The highest BCUT2D eigenvalue weighted by molar-refractivity contribution is 5.67. The molecule has 0 N–H and O–H groups in total. The minimum absolute atomic E-state index is 0.0580. The summed E-state index contributed by atoms with van der Waals surface area (Å²) in [6, 6.07) is 5.59. The molecule has 0 fully saturated rings. The quantitative estimate of drug-likeness (QED) is 0.831.